The molecule has 1 fully saturated rings. The maximum atomic E-state index is 13.9. The van der Waals surface area contributed by atoms with E-state index in [1.54, 1.807) is 11.3 Å². The highest BCUT2D eigenvalue weighted by atomic mass is 32.2. The number of aromatic nitrogens is 1. The first-order chi connectivity index (χ1) is 13.9. The predicted octanol–water partition coefficient (Wildman–Crippen LogP) is 4.05. The van der Waals surface area contributed by atoms with E-state index >= 15 is 0 Å². The van der Waals surface area contributed by atoms with Gasteiger partial charge in [0.15, 0.2) is 5.13 Å². The van der Waals surface area contributed by atoms with E-state index < -0.39 is 15.8 Å². The van der Waals surface area contributed by atoms with Gasteiger partial charge in [-0.15, -0.1) is 22.7 Å². The summed E-state index contributed by atoms with van der Waals surface area (Å²) >= 11 is 2.94. The van der Waals surface area contributed by atoms with E-state index in [2.05, 4.69) is 10.3 Å². The van der Waals surface area contributed by atoms with Gasteiger partial charge in [-0.05, 0) is 36.4 Å². The number of nitrogens with zero attached hydrogens (tertiary/aromatic N) is 2. The lowest BCUT2D eigenvalue weighted by Crippen LogP contribution is -2.41. The molecule has 3 aromatic rings. The van der Waals surface area contributed by atoms with Crippen molar-refractivity contribution in [2.75, 3.05) is 18.4 Å². The zero-order chi connectivity index (χ0) is 20.4. The number of amides is 1. The molecule has 29 heavy (non-hydrogen) atoms. The largest absolute Gasteiger partial charge is 0.302 e. The van der Waals surface area contributed by atoms with E-state index in [9.17, 15) is 17.6 Å². The fourth-order valence-corrected chi connectivity index (χ4v) is 6.24. The van der Waals surface area contributed by atoms with Crippen molar-refractivity contribution >= 4 is 43.7 Å². The van der Waals surface area contributed by atoms with E-state index in [0.717, 1.165) is 16.6 Å². The van der Waals surface area contributed by atoms with Gasteiger partial charge in [-0.25, -0.2) is 17.8 Å². The van der Waals surface area contributed by atoms with Crippen LogP contribution in [0, 0.1) is 11.7 Å². The van der Waals surface area contributed by atoms with Crippen molar-refractivity contribution in [3.05, 3.63) is 53.0 Å². The van der Waals surface area contributed by atoms with E-state index in [-0.39, 0.29) is 29.8 Å². The first-order valence-electron chi connectivity index (χ1n) is 9.00. The van der Waals surface area contributed by atoms with Crippen LogP contribution in [0.2, 0.25) is 0 Å². The number of hydrogen-bond acceptors (Lipinski definition) is 6. The molecule has 152 valence electrons. The molecule has 1 aromatic carbocycles. The smallest absolute Gasteiger partial charge is 0.245 e. The highest BCUT2D eigenvalue weighted by Gasteiger charge is 2.33. The highest BCUT2D eigenvalue weighted by Crippen LogP contribution is 2.30. The number of piperidine rings is 1. The van der Waals surface area contributed by atoms with Gasteiger partial charge in [-0.3, -0.25) is 4.79 Å². The number of rotatable bonds is 5. The number of hydrogen-bond donors (Lipinski definition) is 1. The molecular formula is C19H18FN3O3S3. The lowest BCUT2D eigenvalue weighted by atomic mass is 9.97. The standard InChI is InChI=1S/C19H18FN3O3S3/c20-14-4-1-2-6-17(14)29(25,26)23-9-7-13(8-10-23)18(24)22-19-21-15(12-28-19)16-5-3-11-27-16/h1-6,11-13H,7-10H2,(H,21,22,24). The average Bonchev–Trinajstić information content (AvgIpc) is 3.40. The maximum Gasteiger partial charge on any atom is 0.245 e. The van der Waals surface area contributed by atoms with Crippen molar-refractivity contribution in [2.45, 2.75) is 17.7 Å². The molecule has 2 aromatic heterocycles. The first-order valence-corrected chi connectivity index (χ1v) is 12.2. The molecule has 1 N–H and O–H groups in total. The Morgan fingerprint density at radius 2 is 1.90 bits per heavy atom. The van der Waals surface area contributed by atoms with Crippen LogP contribution in [-0.4, -0.2) is 36.7 Å². The van der Waals surface area contributed by atoms with Gasteiger partial charge < -0.3 is 5.32 Å². The third-order valence-corrected chi connectivity index (χ3v) is 8.37. The monoisotopic (exact) mass is 451 g/mol. The van der Waals surface area contributed by atoms with Gasteiger partial charge in [0.1, 0.15) is 10.7 Å². The van der Waals surface area contributed by atoms with Crippen LogP contribution in [-0.2, 0) is 14.8 Å². The molecule has 10 heteroatoms. The Kier molecular flexibility index (Phi) is 5.77. The lowest BCUT2D eigenvalue weighted by Gasteiger charge is -2.30. The molecule has 0 radical (unpaired) electrons. The summed E-state index contributed by atoms with van der Waals surface area (Å²) in [5.74, 6) is -1.24. The number of benzene rings is 1. The fourth-order valence-electron chi connectivity index (χ4n) is 3.23. The van der Waals surface area contributed by atoms with Crippen LogP contribution in [0.1, 0.15) is 12.8 Å². The summed E-state index contributed by atoms with van der Waals surface area (Å²) in [7, 11) is -3.91. The summed E-state index contributed by atoms with van der Waals surface area (Å²) in [5.41, 5.74) is 0.825. The predicted molar refractivity (Wildman–Crippen MR) is 112 cm³/mol. The lowest BCUT2D eigenvalue weighted by molar-refractivity contribution is -0.120. The third-order valence-electron chi connectivity index (χ3n) is 4.79. The van der Waals surface area contributed by atoms with Gasteiger partial charge in [-0.2, -0.15) is 4.31 Å². The number of carbonyl (C=O) groups excluding carboxylic acids is 1. The van der Waals surface area contributed by atoms with Gasteiger partial charge >= 0.3 is 0 Å². The molecule has 0 saturated carbocycles. The Balaban J connectivity index is 1.37. The van der Waals surface area contributed by atoms with Crippen LogP contribution in [0.3, 0.4) is 0 Å². The van der Waals surface area contributed by atoms with Crippen LogP contribution >= 0.6 is 22.7 Å². The second-order valence-electron chi connectivity index (χ2n) is 6.61. The molecule has 6 nitrogen and oxygen atoms in total. The highest BCUT2D eigenvalue weighted by molar-refractivity contribution is 7.89. The number of halogens is 1. The minimum atomic E-state index is -3.91. The molecule has 0 atom stereocenters. The van der Waals surface area contributed by atoms with Crippen LogP contribution in [0.5, 0.6) is 0 Å². The molecule has 1 saturated heterocycles. The van der Waals surface area contributed by atoms with Crippen LogP contribution in [0.15, 0.2) is 52.1 Å². The third kappa shape index (κ3) is 4.25. The Morgan fingerprint density at radius 1 is 1.14 bits per heavy atom. The summed E-state index contributed by atoms with van der Waals surface area (Å²) < 4.78 is 40.5. The van der Waals surface area contributed by atoms with Crippen molar-refractivity contribution in [1.29, 1.82) is 0 Å². The van der Waals surface area contributed by atoms with Gasteiger partial charge in [0.2, 0.25) is 15.9 Å². The fraction of sp³-hybridized carbons (Fsp3) is 0.263. The van der Waals surface area contributed by atoms with Crippen molar-refractivity contribution < 1.29 is 17.6 Å². The van der Waals surface area contributed by atoms with Crippen molar-refractivity contribution in [3.8, 4) is 10.6 Å². The number of thiophene rings is 1. The molecule has 0 spiro atoms. The Morgan fingerprint density at radius 3 is 2.59 bits per heavy atom. The maximum absolute atomic E-state index is 13.9. The van der Waals surface area contributed by atoms with Gasteiger partial charge in [0.05, 0.1) is 10.6 Å². The number of sulfonamides is 1. The second kappa shape index (κ2) is 8.31. The van der Waals surface area contributed by atoms with Crippen molar-refractivity contribution in [2.24, 2.45) is 5.92 Å². The first kappa shape index (κ1) is 20.1. The molecule has 0 bridgehead atoms. The van der Waals surface area contributed by atoms with Gasteiger partial charge in [0, 0.05) is 24.4 Å². The Bertz CT molecular complexity index is 1100. The Labute approximate surface area is 176 Å². The van der Waals surface area contributed by atoms with E-state index in [1.165, 1.54) is 33.8 Å². The molecule has 1 aliphatic rings. The second-order valence-corrected chi connectivity index (χ2v) is 10.3. The van der Waals surface area contributed by atoms with E-state index in [4.69, 9.17) is 0 Å². The molecule has 4 rings (SSSR count). The summed E-state index contributed by atoms with van der Waals surface area (Å²) in [5, 5.41) is 7.22. The molecule has 0 aliphatic carbocycles. The van der Waals surface area contributed by atoms with Crippen molar-refractivity contribution in [1.82, 2.24) is 9.29 Å². The normalized spacial score (nSPS) is 16.0. The van der Waals surface area contributed by atoms with Gasteiger partial charge in [0.25, 0.3) is 0 Å². The Hall–Kier alpha value is -2.14. The zero-order valence-corrected chi connectivity index (χ0v) is 17.7. The number of thiazole rings is 1. The SMILES string of the molecule is O=C(Nc1nc(-c2cccs2)cs1)C1CCN(S(=O)(=O)c2ccccc2F)CC1. The van der Waals surface area contributed by atoms with E-state index in [0.29, 0.717) is 18.0 Å². The topological polar surface area (TPSA) is 79.4 Å². The van der Waals surface area contributed by atoms with Gasteiger partial charge in [-0.1, -0.05) is 18.2 Å². The summed E-state index contributed by atoms with van der Waals surface area (Å²) in [6.45, 7) is 0.347. The minimum Gasteiger partial charge on any atom is -0.302 e. The molecule has 3 heterocycles. The summed E-state index contributed by atoms with van der Waals surface area (Å²) in [4.78, 5) is 17.7. The molecule has 0 unspecified atom stereocenters. The van der Waals surface area contributed by atoms with Crippen LogP contribution < -0.4 is 5.32 Å². The average molecular weight is 452 g/mol. The molecule has 1 amide bonds. The number of anilines is 1. The quantitative estimate of drug-likeness (QED) is 0.635. The summed E-state index contributed by atoms with van der Waals surface area (Å²) in [6, 6.07) is 9.25. The number of nitrogens with one attached hydrogen (secondary N) is 1. The summed E-state index contributed by atoms with van der Waals surface area (Å²) in [6.07, 6.45) is 0.755. The molecular weight excluding hydrogens is 433 g/mol. The zero-order valence-electron chi connectivity index (χ0n) is 15.2. The minimum absolute atomic E-state index is 0.167. The van der Waals surface area contributed by atoms with E-state index in [1.807, 2.05) is 22.9 Å². The van der Waals surface area contributed by atoms with Crippen LogP contribution in [0.25, 0.3) is 10.6 Å². The van der Waals surface area contributed by atoms with Crippen LogP contribution in [0.4, 0.5) is 9.52 Å². The number of carbonyl (C=O) groups is 1. The molecule has 1 aliphatic heterocycles. The van der Waals surface area contributed by atoms with Crippen molar-refractivity contribution in [3.63, 3.8) is 0 Å².